The van der Waals surface area contributed by atoms with Crippen molar-refractivity contribution >= 4 is 28.9 Å². The topological polar surface area (TPSA) is 114 Å². The van der Waals surface area contributed by atoms with Crippen molar-refractivity contribution in [3.05, 3.63) is 45.0 Å². The predicted octanol–water partition coefficient (Wildman–Crippen LogP) is 1.93. The van der Waals surface area contributed by atoms with Gasteiger partial charge in [0.25, 0.3) is 11.6 Å². The molecule has 0 saturated heterocycles. The van der Waals surface area contributed by atoms with Crippen LogP contribution in [0.4, 0.5) is 11.4 Å². The van der Waals surface area contributed by atoms with Crippen molar-refractivity contribution in [2.24, 2.45) is 0 Å². The van der Waals surface area contributed by atoms with Gasteiger partial charge in [-0.25, -0.2) is 4.98 Å². The molecule has 1 aromatic carbocycles. The maximum absolute atomic E-state index is 11.8. The van der Waals surface area contributed by atoms with Gasteiger partial charge < -0.3 is 5.32 Å². The maximum atomic E-state index is 11.8. The number of rotatable bonds is 3. The van der Waals surface area contributed by atoms with E-state index < -0.39 is 10.8 Å². The van der Waals surface area contributed by atoms with Crippen molar-refractivity contribution in [1.29, 1.82) is 0 Å². The fraction of sp³-hybridized carbons (Fsp3) is 0.100. The molecule has 8 nitrogen and oxygen atoms in total. The zero-order valence-corrected chi connectivity index (χ0v) is 10.4. The molecule has 0 fully saturated rings. The van der Waals surface area contributed by atoms with Gasteiger partial charge in [-0.1, -0.05) is 11.6 Å². The van der Waals surface area contributed by atoms with Gasteiger partial charge in [-0.15, -0.1) is 5.10 Å². The zero-order chi connectivity index (χ0) is 14.0. The fourth-order valence-electron chi connectivity index (χ4n) is 1.35. The number of hydrogen-bond donors (Lipinski definition) is 2. The highest BCUT2D eigenvalue weighted by atomic mass is 35.5. The molecule has 9 heteroatoms. The summed E-state index contributed by atoms with van der Waals surface area (Å²) in [4.78, 5) is 25.7. The molecule has 0 bridgehead atoms. The van der Waals surface area contributed by atoms with E-state index in [1.807, 2.05) is 0 Å². The van der Waals surface area contributed by atoms with Crippen molar-refractivity contribution in [3.8, 4) is 0 Å². The SMILES string of the molecule is Cc1nc(C(=O)Nc2cc([N+](=O)[O-])ccc2Cl)n[nH]1. The molecular formula is C10H8ClN5O3. The number of nitrogens with one attached hydrogen (secondary N) is 2. The summed E-state index contributed by atoms with van der Waals surface area (Å²) in [7, 11) is 0. The second kappa shape index (κ2) is 5.02. The van der Waals surface area contributed by atoms with E-state index in [0.29, 0.717) is 5.82 Å². The molecule has 0 aliphatic carbocycles. The monoisotopic (exact) mass is 281 g/mol. The quantitative estimate of drug-likeness (QED) is 0.659. The molecule has 2 N–H and O–H groups in total. The lowest BCUT2D eigenvalue weighted by Gasteiger charge is -2.04. The standard InChI is InChI=1S/C10H8ClN5O3/c1-5-12-9(15-14-5)10(17)13-8-4-6(16(18)19)2-3-7(8)11/h2-4H,1H3,(H,13,17)(H,12,14,15). The first-order valence-electron chi connectivity index (χ1n) is 5.11. The van der Waals surface area contributed by atoms with Crippen molar-refractivity contribution in [1.82, 2.24) is 15.2 Å². The summed E-state index contributed by atoms with van der Waals surface area (Å²) in [6, 6.07) is 3.74. The van der Waals surface area contributed by atoms with Crippen LogP contribution in [-0.4, -0.2) is 26.0 Å². The number of nitro benzene ring substituents is 1. The third kappa shape index (κ3) is 2.86. The summed E-state index contributed by atoms with van der Waals surface area (Å²) >= 11 is 5.85. The summed E-state index contributed by atoms with van der Waals surface area (Å²) < 4.78 is 0. The number of aryl methyl sites for hydroxylation is 1. The van der Waals surface area contributed by atoms with Crippen LogP contribution in [0.1, 0.15) is 16.4 Å². The number of nitrogens with zero attached hydrogens (tertiary/aromatic N) is 3. The lowest BCUT2D eigenvalue weighted by atomic mass is 10.2. The predicted molar refractivity (Wildman–Crippen MR) is 67.2 cm³/mol. The molecule has 1 aromatic heterocycles. The molecular weight excluding hydrogens is 274 g/mol. The van der Waals surface area contributed by atoms with E-state index in [1.165, 1.54) is 18.2 Å². The minimum Gasteiger partial charge on any atom is -0.318 e. The van der Waals surface area contributed by atoms with Gasteiger partial charge in [0.15, 0.2) is 0 Å². The number of halogens is 1. The number of non-ortho nitro benzene ring substituents is 1. The Labute approximate surface area is 112 Å². The number of H-pyrrole nitrogens is 1. The van der Waals surface area contributed by atoms with E-state index in [1.54, 1.807) is 6.92 Å². The molecule has 0 aliphatic rings. The third-order valence-electron chi connectivity index (χ3n) is 2.21. The molecule has 0 saturated carbocycles. The van der Waals surface area contributed by atoms with Crippen LogP contribution in [0.2, 0.25) is 5.02 Å². The van der Waals surface area contributed by atoms with Gasteiger partial charge in [0, 0.05) is 12.1 Å². The van der Waals surface area contributed by atoms with E-state index in [2.05, 4.69) is 20.5 Å². The van der Waals surface area contributed by atoms with E-state index in [9.17, 15) is 14.9 Å². The van der Waals surface area contributed by atoms with E-state index in [4.69, 9.17) is 11.6 Å². The van der Waals surface area contributed by atoms with Crippen LogP contribution in [0.3, 0.4) is 0 Å². The molecule has 2 aromatic rings. The number of nitro groups is 1. The average Bonchev–Trinajstić information content (AvgIpc) is 2.78. The number of aromatic nitrogens is 3. The summed E-state index contributed by atoms with van der Waals surface area (Å²) in [5, 5.41) is 19.4. The molecule has 0 unspecified atom stereocenters. The Bertz CT molecular complexity index is 654. The van der Waals surface area contributed by atoms with Crippen LogP contribution < -0.4 is 5.32 Å². The molecule has 19 heavy (non-hydrogen) atoms. The number of amides is 1. The summed E-state index contributed by atoms with van der Waals surface area (Å²) in [6.07, 6.45) is 0. The van der Waals surface area contributed by atoms with Gasteiger partial charge in [-0.05, 0) is 13.0 Å². The minimum absolute atomic E-state index is 0.0694. The maximum Gasteiger partial charge on any atom is 0.295 e. The van der Waals surface area contributed by atoms with Crippen LogP contribution >= 0.6 is 11.6 Å². The van der Waals surface area contributed by atoms with Crippen molar-refractivity contribution < 1.29 is 9.72 Å². The number of anilines is 1. The lowest BCUT2D eigenvalue weighted by molar-refractivity contribution is -0.384. The Morgan fingerprint density at radius 1 is 1.53 bits per heavy atom. The van der Waals surface area contributed by atoms with Crippen LogP contribution in [0, 0.1) is 17.0 Å². The molecule has 1 heterocycles. The van der Waals surface area contributed by atoms with Crippen LogP contribution in [0.25, 0.3) is 0 Å². The molecule has 0 radical (unpaired) electrons. The molecule has 0 aliphatic heterocycles. The second-order valence-corrected chi connectivity index (χ2v) is 4.03. The van der Waals surface area contributed by atoms with Gasteiger partial charge in [0.05, 0.1) is 15.6 Å². The first-order chi connectivity index (χ1) is 8.97. The summed E-state index contributed by atoms with van der Waals surface area (Å²) in [6.45, 7) is 1.64. The second-order valence-electron chi connectivity index (χ2n) is 3.62. The van der Waals surface area contributed by atoms with E-state index in [-0.39, 0.29) is 22.2 Å². The lowest BCUT2D eigenvalue weighted by Crippen LogP contribution is -2.14. The number of hydrogen-bond acceptors (Lipinski definition) is 5. The number of carbonyl (C=O) groups is 1. The van der Waals surface area contributed by atoms with Crippen molar-refractivity contribution in [3.63, 3.8) is 0 Å². The Hall–Kier alpha value is -2.48. The smallest absolute Gasteiger partial charge is 0.295 e. The van der Waals surface area contributed by atoms with Gasteiger partial charge in [-0.2, -0.15) is 0 Å². The van der Waals surface area contributed by atoms with Gasteiger partial charge in [0.2, 0.25) is 5.82 Å². The first-order valence-corrected chi connectivity index (χ1v) is 5.49. The highest BCUT2D eigenvalue weighted by Gasteiger charge is 2.15. The Morgan fingerprint density at radius 3 is 2.84 bits per heavy atom. The molecule has 98 valence electrons. The van der Waals surface area contributed by atoms with Gasteiger partial charge in [-0.3, -0.25) is 20.0 Å². The van der Waals surface area contributed by atoms with Gasteiger partial charge in [0.1, 0.15) is 5.82 Å². The van der Waals surface area contributed by atoms with Crippen molar-refractivity contribution in [2.45, 2.75) is 6.92 Å². The normalized spacial score (nSPS) is 10.2. The van der Waals surface area contributed by atoms with Crippen molar-refractivity contribution in [2.75, 3.05) is 5.32 Å². The first kappa shape index (κ1) is 13.0. The molecule has 0 spiro atoms. The number of benzene rings is 1. The minimum atomic E-state index is -0.605. The molecule has 1 amide bonds. The highest BCUT2D eigenvalue weighted by molar-refractivity contribution is 6.34. The Kier molecular flexibility index (Phi) is 3.43. The molecule has 2 rings (SSSR count). The highest BCUT2D eigenvalue weighted by Crippen LogP contribution is 2.26. The zero-order valence-electron chi connectivity index (χ0n) is 9.68. The molecule has 0 atom stereocenters. The Morgan fingerprint density at radius 2 is 2.26 bits per heavy atom. The van der Waals surface area contributed by atoms with Gasteiger partial charge >= 0.3 is 0 Å². The Balaban J connectivity index is 2.25. The third-order valence-corrected chi connectivity index (χ3v) is 2.54. The van der Waals surface area contributed by atoms with E-state index in [0.717, 1.165) is 0 Å². The number of carbonyl (C=O) groups excluding carboxylic acids is 1. The average molecular weight is 282 g/mol. The van der Waals surface area contributed by atoms with E-state index >= 15 is 0 Å². The number of aromatic amines is 1. The fourth-order valence-corrected chi connectivity index (χ4v) is 1.51. The summed E-state index contributed by atoms with van der Waals surface area (Å²) in [5.41, 5.74) is -0.0470. The summed E-state index contributed by atoms with van der Waals surface area (Å²) in [5.74, 6) is -0.192. The van der Waals surface area contributed by atoms with Crippen LogP contribution in [0.5, 0.6) is 0 Å². The largest absolute Gasteiger partial charge is 0.318 e. The van der Waals surface area contributed by atoms with Crippen LogP contribution in [0.15, 0.2) is 18.2 Å². The van der Waals surface area contributed by atoms with Crippen LogP contribution in [-0.2, 0) is 0 Å².